The van der Waals surface area contributed by atoms with Gasteiger partial charge in [0.15, 0.2) is 14.6 Å². The van der Waals surface area contributed by atoms with Crippen LogP contribution in [0.4, 0.5) is 0 Å². The SMILES string of the molecule is N#CC1(S(=O)(=O)c2ccccc2)CCOCC1. The van der Waals surface area contributed by atoms with Crippen molar-refractivity contribution >= 4 is 9.84 Å². The molecule has 0 saturated carbocycles. The van der Waals surface area contributed by atoms with Gasteiger partial charge in [-0.3, -0.25) is 0 Å². The minimum atomic E-state index is -3.61. The predicted molar refractivity (Wildman–Crippen MR) is 62.0 cm³/mol. The van der Waals surface area contributed by atoms with Crippen LogP contribution in [-0.4, -0.2) is 26.4 Å². The maximum Gasteiger partial charge on any atom is 0.197 e. The molecule has 1 aliphatic rings. The summed E-state index contributed by atoms with van der Waals surface area (Å²) in [6.45, 7) is 0.638. The molecule has 4 nitrogen and oxygen atoms in total. The van der Waals surface area contributed by atoms with Crippen LogP contribution in [0.25, 0.3) is 0 Å². The molecule has 90 valence electrons. The van der Waals surface area contributed by atoms with E-state index in [2.05, 4.69) is 0 Å². The Labute approximate surface area is 101 Å². The lowest BCUT2D eigenvalue weighted by atomic mass is 10.0. The van der Waals surface area contributed by atoms with E-state index in [0.717, 1.165) is 0 Å². The van der Waals surface area contributed by atoms with Crippen molar-refractivity contribution in [1.82, 2.24) is 0 Å². The van der Waals surface area contributed by atoms with Crippen molar-refractivity contribution in [3.63, 3.8) is 0 Å². The first-order valence-electron chi connectivity index (χ1n) is 5.41. The fraction of sp³-hybridized carbons (Fsp3) is 0.417. The van der Waals surface area contributed by atoms with Crippen LogP contribution in [-0.2, 0) is 14.6 Å². The number of rotatable bonds is 2. The number of ether oxygens (including phenoxy) is 1. The highest BCUT2D eigenvalue weighted by Gasteiger charge is 2.46. The lowest BCUT2D eigenvalue weighted by Gasteiger charge is -2.30. The first-order chi connectivity index (χ1) is 8.12. The molecule has 0 radical (unpaired) electrons. The quantitative estimate of drug-likeness (QED) is 0.799. The number of nitrogens with zero attached hydrogens (tertiary/aromatic N) is 1. The Morgan fingerprint density at radius 3 is 2.29 bits per heavy atom. The van der Waals surface area contributed by atoms with E-state index in [0.29, 0.717) is 13.2 Å². The van der Waals surface area contributed by atoms with Gasteiger partial charge in [-0.2, -0.15) is 5.26 Å². The molecule has 0 aromatic heterocycles. The monoisotopic (exact) mass is 251 g/mol. The van der Waals surface area contributed by atoms with Crippen molar-refractivity contribution in [2.45, 2.75) is 22.5 Å². The molecule has 5 heteroatoms. The third-order valence-electron chi connectivity index (χ3n) is 3.07. The molecule has 0 spiro atoms. The molecule has 0 atom stereocenters. The Morgan fingerprint density at radius 1 is 1.18 bits per heavy atom. The first-order valence-corrected chi connectivity index (χ1v) is 6.89. The van der Waals surface area contributed by atoms with E-state index in [-0.39, 0.29) is 17.7 Å². The highest BCUT2D eigenvalue weighted by atomic mass is 32.2. The maximum atomic E-state index is 12.5. The number of sulfone groups is 1. The molecule has 0 unspecified atom stereocenters. The van der Waals surface area contributed by atoms with Gasteiger partial charge in [-0.05, 0) is 12.1 Å². The van der Waals surface area contributed by atoms with Crippen LogP contribution >= 0.6 is 0 Å². The molecule has 1 aliphatic heterocycles. The maximum absolute atomic E-state index is 12.5. The summed E-state index contributed by atoms with van der Waals surface area (Å²) in [5, 5.41) is 9.25. The number of hydrogen-bond donors (Lipinski definition) is 0. The summed E-state index contributed by atoms with van der Waals surface area (Å²) in [7, 11) is -3.61. The van der Waals surface area contributed by atoms with Gasteiger partial charge in [0.05, 0.1) is 11.0 Å². The van der Waals surface area contributed by atoms with Gasteiger partial charge in [-0.25, -0.2) is 8.42 Å². The molecular formula is C12H13NO3S. The zero-order chi connectivity index (χ0) is 12.4. The van der Waals surface area contributed by atoms with E-state index in [1.165, 1.54) is 12.1 Å². The highest BCUT2D eigenvalue weighted by Crippen LogP contribution is 2.34. The van der Waals surface area contributed by atoms with E-state index in [1.54, 1.807) is 18.2 Å². The van der Waals surface area contributed by atoms with E-state index in [4.69, 9.17) is 4.74 Å². The van der Waals surface area contributed by atoms with Gasteiger partial charge in [0.25, 0.3) is 0 Å². The van der Waals surface area contributed by atoms with Crippen LogP contribution in [0.15, 0.2) is 35.2 Å². The molecule has 0 amide bonds. The normalized spacial score (nSPS) is 19.5. The van der Waals surface area contributed by atoms with Crippen molar-refractivity contribution in [3.05, 3.63) is 30.3 Å². The average Bonchev–Trinajstić information content (AvgIpc) is 2.40. The second kappa shape index (κ2) is 4.47. The summed E-state index contributed by atoms with van der Waals surface area (Å²) in [5.74, 6) is 0. The second-order valence-corrected chi connectivity index (χ2v) is 6.29. The van der Waals surface area contributed by atoms with Crippen LogP contribution in [0.3, 0.4) is 0 Å². The lowest BCUT2D eigenvalue weighted by molar-refractivity contribution is 0.0863. The molecule has 0 N–H and O–H groups in total. The van der Waals surface area contributed by atoms with Gasteiger partial charge in [0.2, 0.25) is 0 Å². The minimum absolute atomic E-state index is 0.212. The zero-order valence-electron chi connectivity index (χ0n) is 9.30. The topological polar surface area (TPSA) is 67.2 Å². The molecule has 1 saturated heterocycles. The summed E-state index contributed by atoms with van der Waals surface area (Å²) >= 11 is 0. The van der Waals surface area contributed by atoms with Gasteiger partial charge >= 0.3 is 0 Å². The second-order valence-electron chi connectivity index (χ2n) is 4.03. The van der Waals surface area contributed by atoms with E-state index < -0.39 is 14.6 Å². The molecule has 17 heavy (non-hydrogen) atoms. The van der Waals surface area contributed by atoms with Crippen LogP contribution in [0.2, 0.25) is 0 Å². The van der Waals surface area contributed by atoms with Crippen molar-refractivity contribution in [3.8, 4) is 6.07 Å². The van der Waals surface area contributed by atoms with Crippen molar-refractivity contribution in [2.24, 2.45) is 0 Å². The third kappa shape index (κ3) is 1.94. The Hall–Kier alpha value is -1.38. The Bertz CT molecular complexity index is 525. The third-order valence-corrected chi connectivity index (χ3v) is 5.49. The number of benzene rings is 1. The van der Waals surface area contributed by atoms with Crippen molar-refractivity contribution in [1.29, 1.82) is 5.26 Å². The van der Waals surface area contributed by atoms with E-state index >= 15 is 0 Å². The summed E-state index contributed by atoms with van der Waals surface area (Å²) < 4.78 is 28.7. The highest BCUT2D eigenvalue weighted by molar-refractivity contribution is 7.93. The van der Waals surface area contributed by atoms with Gasteiger partial charge < -0.3 is 4.74 Å². The molecule has 1 fully saturated rings. The van der Waals surface area contributed by atoms with E-state index in [1.807, 2.05) is 6.07 Å². The molecule has 1 aromatic carbocycles. The summed E-state index contributed by atoms with van der Waals surface area (Å²) in [6, 6.07) is 10.1. The summed E-state index contributed by atoms with van der Waals surface area (Å²) in [5.41, 5.74) is 0. The van der Waals surface area contributed by atoms with Crippen LogP contribution in [0.1, 0.15) is 12.8 Å². The molecule has 1 aromatic rings. The Balaban J connectivity index is 2.48. The van der Waals surface area contributed by atoms with Crippen molar-refractivity contribution < 1.29 is 13.2 Å². The van der Waals surface area contributed by atoms with Gasteiger partial charge in [0.1, 0.15) is 0 Å². The lowest BCUT2D eigenvalue weighted by Crippen LogP contribution is -2.42. The van der Waals surface area contributed by atoms with Gasteiger partial charge in [-0.15, -0.1) is 0 Å². The van der Waals surface area contributed by atoms with Crippen LogP contribution in [0.5, 0.6) is 0 Å². The Morgan fingerprint density at radius 2 is 1.76 bits per heavy atom. The van der Waals surface area contributed by atoms with E-state index in [9.17, 15) is 13.7 Å². The predicted octanol–water partition coefficient (Wildman–Crippen LogP) is 1.53. The Kier molecular flexibility index (Phi) is 3.18. The molecule has 1 heterocycles. The minimum Gasteiger partial charge on any atom is -0.381 e. The van der Waals surface area contributed by atoms with Crippen LogP contribution in [0, 0.1) is 11.3 Å². The number of hydrogen-bond acceptors (Lipinski definition) is 4. The largest absolute Gasteiger partial charge is 0.381 e. The smallest absolute Gasteiger partial charge is 0.197 e. The number of nitriles is 1. The average molecular weight is 251 g/mol. The standard InChI is InChI=1S/C12H13NO3S/c13-10-12(6-8-16-9-7-12)17(14,15)11-4-2-1-3-5-11/h1-5H,6-9H2. The molecule has 2 rings (SSSR count). The summed E-state index contributed by atoms with van der Waals surface area (Å²) in [6.07, 6.45) is 0.474. The molecule has 0 bridgehead atoms. The summed E-state index contributed by atoms with van der Waals surface area (Å²) in [4.78, 5) is 0.212. The molecular weight excluding hydrogens is 238 g/mol. The zero-order valence-corrected chi connectivity index (χ0v) is 10.1. The fourth-order valence-electron chi connectivity index (χ4n) is 1.97. The van der Waals surface area contributed by atoms with Gasteiger partial charge in [0, 0.05) is 26.1 Å². The molecule has 0 aliphatic carbocycles. The van der Waals surface area contributed by atoms with Crippen molar-refractivity contribution in [2.75, 3.05) is 13.2 Å². The van der Waals surface area contributed by atoms with Crippen LogP contribution < -0.4 is 0 Å². The first kappa shape index (κ1) is 12.1. The fourth-order valence-corrected chi connectivity index (χ4v) is 3.76. The van der Waals surface area contributed by atoms with Gasteiger partial charge in [-0.1, -0.05) is 18.2 Å².